The van der Waals surface area contributed by atoms with Crippen molar-refractivity contribution in [3.63, 3.8) is 0 Å². The van der Waals surface area contributed by atoms with Crippen LogP contribution in [-0.4, -0.2) is 22.7 Å². The molecule has 0 fully saturated rings. The van der Waals surface area contributed by atoms with Crippen LogP contribution in [0.1, 0.15) is 0 Å². The predicted molar refractivity (Wildman–Crippen MR) is 51.2 cm³/mol. The van der Waals surface area contributed by atoms with E-state index in [1.807, 2.05) is 0 Å². The number of aromatic nitrogens is 2. The van der Waals surface area contributed by atoms with Crippen molar-refractivity contribution < 1.29 is 9.13 Å². The molecule has 86 valence electrons. The zero-order chi connectivity index (χ0) is 12.0. The minimum absolute atomic E-state index is 0.0945. The fraction of sp³-hybridized carbons (Fsp3) is 0.429. The molecule has 0 aliphatic heterocycles. The van der Waals surface area contributed by atoms with Crippen LogP contribution in [0.5, 0.6) is 0 Å². The van der Waals surface area contributed by atoms with Gasteiger partial charge in [0.15, 0.2) is 0 Å². The summed E-state index contributed by atoms with van der Waals surface area (Å²) in [6, 6.07) is 0. The average molecular weight is 229 g/mol. The van der Waals surface area contributed by atoms with Crippen LogP contribution in [0.15, 0.2) is 20.9 Å². The molecule has 1 rings (SSSR count). The predicted octanol–water partition coefficient (Wildman–Crippen LogP) is -0.0399. The second-order valence-electron chi connectivity index (χ2n) is 2.70. The van der Waals surface area contributed by atoms with E-state index in [-0.39, 0.29) is 19.9 Å². The highest BCUT2D eigenvalue weighted by Crippen LogP contribution is 1.86. The molecule has 0 bridgehead atoms. The number of nitrogens with one attached hydrogen (secondary N) is 1. The number of ether oxygens (including phenoxy) is 1. The van der Waals surface area contributed by atoms with E-state index in [0.29, 0.717) is 0 Å². The van der Waals surface area contributed by atoms with Gasteiger partial charge in [0.05, 0.1) is 12.8 Å². The molecular weight excluding hydrogens is 221 g/mol. The Balaban J connectivity index is 2.61. The quantitative estimate of drug-likeness (QED) is 0.330. The van der Waals surface area contributed by atoms with Gasteiger partial charge in [-0.05, 0) is 5.53 Å². The molecule has 1 heterocycles. The van der Waals surface area contributed by atoms with Crippen molar-refractivity contribution in [2.45, 2.75) is 6.73 Å². The van der Waals surface area contributed by atoms with Crippen LogP contribution in [0, 0.1) is 5.82 Å². The van der Waals surface area contributed by atoms with Crippen molar-refractivity contribution in [1.82, 2.24) is 9.55 Å². The zero-order valence-corrected chi connectivity index (χ0v) is 8.09. The molecule has 0 aliphatic carbocycles. The molecule has 0 aliphatic rings. The van der Waals surface area contributed by atoms with E-state index >= 15 is 0 Å². The molecule has 1 aromatic rings. The summed E-state index contributed by atoms with van der Waals surface area (Å²) in [4.78, 5) is 26.0. The number of rotatable bonds is 5. The molecule has 9 heteroatoms. The highest BCUT2D eigenvalue weighted by atomic mass is 19.1. The maximum Gasteiger partial charge on any atom is 0.330 e. The van der Waals surface area contributed by atoms with Gasteiger partial charge in [0.25, 0.3) is 5.56 Å². The summed E-state index contributed by atoms with van der Waals surface area (Å²) in [6.07, 6.45) is 0.745. The Morgan fingerprint density at radius 3 is 3.06 bits per heavy atom. The van der Waals surface area contributed by atoms with Crippen LogP contribution in [0.4, 0.5) is 4.39 Å². The molecule has 1 N–H and O–H groups in total. The topological polar surface area (TPSA) is 113 Å². The maximum atomic E-state index is 12.8. The largest absolute Gasteiger partial charge is 0.360 e. The SMILES string of the molecule is [N-]=[N+]=NCCOCn1cc(F)c(=O)[nH]c1=O. The van der Waals surface area contributed by atoms with Gasteiger partial charge in [-0.15, -0.1) is 0 Å². The molecule has 0 aromatic carbocycles. The van der Waals surface area contributed by atoms with E-state index in [9.17, 15) is 14.0 Å². The Hall–Kier alpha value is -2.12. The third-order valence-electron chi connectivity index (χ3n) is 1.60. The van der Waals surface area contributed by atoms with Gasteiger partial charge in [-0.2, -0.15) is 4.39 Å². The van der Waals surface area contributed by atoms with Crippen molar-refractivity contribution in [2.75, 3.05) is 13.2 Å². The molecule has 0 spiro atoms. The second kappa shape index (κ2) is 5.69. The fourth-order valence-corrected chi connectivity index (χ4v) is 0.892. The van der Waals surface area contributed by atoms with Crippen LogP contribution in [0.25, 0.3) is 10.4 Å². The molecule has 8 nitrogen and oxygen atoms in total. The Kier molecular flexibility index (Phi) is 4.25. The minimum Gasteiger partial charge on any atom is -0.360 e. The van der Waals surface area contributed by atoms with Crippen LogP contribution >= 0.6 is 0 Å². The monoisotopic (exact) mass is 229 g/mol. The standard InChI is InChI=1S/C7H8FN5O3/c8-5-3-13(7(15)11-6(5)14)4-16-2-1-10-12-9/h3H,1-2,4H2,(H,11,14,15). The van der Waals surface area contributed by atoms with Crippen molar-refractivity contribution in [3.8, 4) is 0 Å². The van der Waals surface area contributed by atoms with Crippen LogP contribution < -0.4 is 11.2 Å². The fourth-order valence-electron chi connectivity index (χ4n) is 0.892. The average Bonchev–Trinajstić information content (AvgIpc) is 2.25. The van der Waals surface area contributed by atoms with Gasteiger partial charge >= 0.3 is 5.69 Å². The summed E-state index contributed by atoms with van der Waals surface area (Å²) in [5, 5.41) is 3.19. The van der Waals surface area contributed by atoms with E-state index in [0.717, 1.165) is 10.8 Å². The first kappa shape index (κ1) is 12.0. The summed E-state index contributed by atoms with van der Waals surface area (Å²) < 4.78 is 18.5. The molecule has 1 aromatic heterocycles. The van der Waals surface area contributed by atoms with Gasteiger partial charge < -0.3 is 4.74 Å². The van der Waals surface area contributed by atoms with Crippen LogP contribution in [0.3, 0.4) is 0 Å². The molecule has 0 atom stereocenters. The van der Waals surface area contributed by atoms with Crippen LogP contribution in [0.2, 0.25) is 0 Å². The first-order valence-corrected chi connectivity index (χ1v) is 4.23. The number of H-pyrrole nitrogens is 1. The first-order valence-electron chi connectivity index (χ1n) is 4.23. The Morgan fingerprint density at radius 1 is 1.62 bits per heavy atom. The van der Waals surface area contributed by atoms with Crippen molar-refractivity contribution in [1.29, 1.82) is 0 Å². The van der Waals surface area contributed by atoms with Crippen LogP contribution in [-0.2, 0) is 11.5 Å². The van der Waals surface area contributed by atoms with E-state index in [4.69, 9.17) is 10.3 Å². The van der Waals surface area contributed by atoms with Crippen molar-refractivity contribution in [2.24, 2.45) is 5.11 Å². The summed E-state index contributed by atoms with van der Waals surface area (Å²) in [5.74, 6) is -1.07. The number of hydrogen-bond acceptors (Lipinski definition) is 4. The molecule has 16 heavy (non-hydrogen) atoms. The van der Waals surface area contributed by atoms with Crippen molar-refractivity contribution in [3.05, 3.63) is 43.3 Å². The van der Waals surface area contributed by atoms with Crippen molar-refractivity contribution >= 4 is 0 Å². The molecule has 0 saturated carbocycles. The Labute approximate surface area is 87.9 Å². The first-order chi connectivity index (χ1) is 7.65. The molecular formula is C7H8FN5O3. The number of aromatic amines is 1. The number of nitrogens with zero attached hydrogens (tertiary/aromatic N) is 4. The third kappa shape index (κ3) is 3.23. The van der Waals surface area contributed by atoms with Gasteiger partial charge in [0.1, 0.15) is 6.73 Å². The molecule has 0 unspecified atom stereocenters. The highest BCUT2D eigenvalue weighted by Gasteiger charge is 2.02. The lowest BCUT2D eigenvalue weighted by atomic mass is 10.6. The number of hydrogen-bond donors (Lipinski definition) is 1. The van der Waals surface area contributed by atoms with E-state index in [1.54, 1.807) is 4.98 Å². The lowest BCUT2D eigenvalue weighted by molar-refractivity contribution is 0.0789. The summed E-state index contributed by atoms with van der Waals surface area (Å²) in [7, 11) is 0. The van der Waals surface area contributed by atoms with Gasteiger partial charge in [0.2, 0.25) is 5.82 Å². The third-order valence-corrected chi connectivity index (χ3v) is 1.60. The second-order valence-corrected chi connectivity index (χ2v) is 2.70. The van der Waals surface area contributed by atoms with E-state index in [2.05, 4.69) is 10.0 Å². The van der Waals surface area contributed by atoms with Gasteiger partial charge in [-0.25, -0.2) is 4.79 Å². The lowest BCUT2D eigenvalue weighted by Crippen LogP contribution is -2.32. The van der Waals surface area contributed by atoms with Gasteiger partial charge in [0, 0.05) is 11.5 Å². The van der Waals surface area contributed by atoms with Gasteiger partial charge in [-0.3, -0.25) is 14.3 Å². The lowest BCUT2D eigenvalue weighted by Gasteiger charge is -2.04. The smallest absolute Gasteiger partial charge is 0.330 e. The number of halogens is 1. The van der Waals surface area contributed by atoms with E-state index < -0.39 is 17.1 Å². The summed E-state index contributed by atoms with van der Waals surface area (Å²) in [5.41, 5.74) is 6.11. The van der Waals surface area contributed by atoms with Gasteiger partial charge in [-0.1, -0.05) is 5.11 Å². The number of azide groups is 1. The Morgan fingerprint density at radius 2 is 2.38 bits per heavy atom. The molecule has 0 saturated heterocycles. The minimum atomic E-state index is -1.07. The molecule has 0 radical (unpaired) electrons. The Bertz CT molecular complexity index is 515. The summed E-state index contributed by atoms with van der Waals surface area (Å²) >= 11 is 0. The van der Waals surface area contributed by atoms with E-state index in [1.165, 1.54) is 0 Å². The maximum absolute atomic E-state index is 12.8. The zero-order valence-electron chi connectivity index (χ0n) is 8.09. The molecule has 0 amide bonds. The normalized spacial score (nSPS) is 9.81. The summed E-state index contributed by atoms with van der Waals surface area (Å²) in [6.45, 7) is -0.0260. The highest BCUT2D eigenvalue weighted by molar-refractivity contribution is 4.86.